The molecule has 1 aliphatic rings. The topological polar surface area (TPSA) is 123 Å². The third kappa shape index (κ3) is 5.34. The van der Waals surface area contributed by atoms with Crippen LogP contribution in [0.2, 0.25) is 0 Å². The van der Waals surface area contributed by atoms with Gasteiger partial charge in [0.1, 0.15) is 23.2 Å². The highest BCUT2D eigenvalue weighted by Crippen LogP contribution is 2.36. The van der Waals surface area contributed by atoms with Crippen molar-refractivity contribution in [3.63, 3.8) is 0 Å². The Bertz CT molecular complexity index is 1410. The van der Waals surface area contributed by atoms with Crippen LogP contribution in [0.5, 0.6) is 5.88 Å². The zero-order valence-corrected chi connectivity index (χ0v) is 21.9. The minimum Gasteiger partial charge on any atom is -0.472 e. The Kier molecular flexibility index (Phi) is 7.31. The van der Waals surface area contributed by atoms with E-state index in [1.54, 1.807) is 37.0 Å². The Morgan fingerprint density at radius 2 is 2.00 bits per heavy atom. The molecule has 0 radical (unpaired) electrons. The zero-order chi connectivity index (χ0) is 26.9. The Morgan fingerprint density at radius 1 is 1.21 bits per heavy atom. The van der Waals surface area contributed by atoms with Crippen molar-refractivity contribution in [3.8, 4) is 17.1 Å². The summed E-state index contributed by atoms with van der Waals surface area (Å²) in [4.78, 5) is 8.65. The van der Waals surface area contributed by atoms with E-state index in [-0.39, 0.29) is 31.2 Å². The largest absolute Gasteiger partial charge is 0.472 e. The summed E-state index contributed by atoms with van der Waals surface area (Å²) in [5.74, 6) is 0.445. The highest BCUT2D eigenvalue weighted by molar-refractivity contribution is 5.93. The molecule has 10 nitrogen and oxygen atoms in total. The number of ether oxygens (including phenoxy) is 1. The summed E-state index contributed by atoms with van der Waals surface area (Å²) in [5, 5.41) is 33.2. The van der Waals surface area contributed by atoms with Gasteiger partial charge in [0.25, 0.3) is 5.88 Å². The molecular weight excluding hydrogens is 489 g/mol. The first-order valence-electron chi connectivity index (χ1n) is 13.0. The predicted molar refractivity (Wildman–Crippen MR) is 141 cm³/mol. The van der Waals surface area contributed by atoms with E-state index >= 15 is 0 Å². The van der Waals surface area contributed by atoms with Crippen molar-refractivity contribution in [2.45, 2.75) is 70.7 Å². The third-order valence-corrected chi connectivity index (χ3v) is 7.02. The van der Waals surface area contributed by atoms with Gasteiger partial charge >= 0.3 is 0 Å². The molecule has 4 aromatic rings. The molecule has 0 spiro atoms. The molecule has 0 saturated heterocycles. The van der Waals surface area contributed by atoms with Gasteiger partial charge in [0.15, 0.2) is 5.82 Å². The molecule has 1 saturated carbocycles. The second kappa shape index (κ2) is 10.7. The molecule has 11 heteroatoms. The summed E-state index contributed by atoms with van der Waals surface area (Å²) in [6.07, 6.45) is 10.00. The van der Waals surface area contributed by atoms with Gasteiger partial charge in [-0.25, -0.2) is 14.4 Å². The molecule has 3 N–H and O–H groups in total. The fourth-order valence-electron chi connectivity index (χ4n) is 4.94. The summed E-state index contributed by atoms with van der Waals surface area (Å²) < 4.78 is 24.0. The number of halogens is 1. The van der Waals surface area contributed by atoms with Crippen molar-refractivity contribution < 1.29 is 19.3 Å². The van der Waals surface area contributed by atoms with Gasteiger partial charge in [-0.15, -0.1) is 0 Å². The molecule has 1 fully saturated rings. The second-order valence-electron chi connectivity index (χ2n) is 10.3. The van der Waals surface area contributed by atoms with Crippen molar-refractivity contribution in [1.29, 1.82) is 0 Å². The van der Waals surface area contributed by atoms with E-state index in [1.165, 1.54) is 0 Å². The number of hydrogen-bond donors (Lipinski definition) is 3. The lowest BCUT2D eigenvalue weighted by Gasteiger charge is -2.29. The third-order valence-electron chi connectivity index (χ3n) is 7.02. The van der Waals surface area contributed by atoms with Gasteiger partial charge in [0.2, 0.25) is 0 Å². The van der Waals surface area contributed by atoms with Crippen LogP contribution in [-0.4, -0.2) is 64.6 Å². The van der Waals surface area contributed by atoms with Crippen LogP contribution in [0.15, 0.2) is 36.9 Å². The number of rotatable bonds is 9. The predicted octanol–water partition coefficient (Wildman–Crippen LogP) is 3.88. The molecule has 0 aliphatic heterocycles. The van der Waals surface area contributed by atoms with Gasteiger partial charge in [0.05, 0.1) is 30.9 Å². The minimum absolute atomic E-state index is 0.0684. The number of aromatic nitrogens is 6. The lowest BCUT2D eigenvalue weighted by atomic mass is 9.93. The molecule has 4 heterocycles. The molecule has 0 amide bonds. The molecule has 1 atom stereocenters. The normalized spacial score (nSPS) is 19.4. The van der Waals surface area contributed by atoms with Crippen molar-refractivity contribution in [3.05, 3.63) is 48.3 Å². The standard InChI is InChI=1S/C27H34FN7O3/c1-4-29-23-11-22-21(13-31-23)25(18-12-32-34(14-18)15-27(3,37)16-36)33-35(22)19-5-7-20(8-6-19)38-26-24(28)17(2)9-10-30-26/h9-14,19-20,36-37H,4-8,15-16H2,1-3H3,(H,29,31). The number of hydrogen-bond acceptors (Lipinski definition) is 8. The van der Waals surface area contributed by atoms with Crippen molar-refractivity contribution in [1.82, 2.24) is 29.5 Å². The molecule has 202 valence electrons. The fraction of sp³-hybridized carbons (Fsp3) is 0.481. The Hall–Kier alpha value is -3.57. The van der Waals surface area contributed by atoms with Crippen LogP contribution in [0.25, 0.3) is 22.2 Å². The number of aliphatic hydroxyl groups is 2. The van der Waals surface area contributed by atoms with Crippen LogP contribution in [-0.2, 0) is 6.54 Å². The van der Waals surface area contributed by atoms with Crippen LogP contribution < -0.4 is 10.1 Å². The average Bonchev–Trinajstić information content (AvgIpc) is 3.51. The first kappa shape index (κ1) is 26.1. The quantitative estimate of drug-likeness (QED) is 0.302. The Balaban J connectivity index is 1.41. The zero-order valence-electron chi connectivity index (χ0n) is 21.9. The molecule has 0 aromatic carbocycles. The number of anilines is 1. The first-order chi connectivity index (χ1) is 18.3. The maximum atomic E-state index is 14.4. The maximum absolute atomic E-state index is 14.4. The lowest BCUT2D eigenvalue weighted by molar-refractivity contribution is -0.0145. The van der Waals surface area contributed by atoms with Gasteiger partial charge in [0, 0.05) is 42.2 Å². The van der Waals surface area contributed by atoms with Gasteiger partial charge in [-0.2, -0.15) is 10.2 Å². The van der Waals surface area contributed by atoms with E-state index in [0.717, 1.165) is 60.2 Å². The van der Waals surface area contributed by atoms with Gasteiger partial charge in [-0.3, -0.25) is 9.36 Å². The van der Waals surface area contributed by atoms with Crippen LogP contribution in [0, 0.1) is 12.7 Å². The number of pyridine rings is 2. The van der Waals surface area contributed by atoms with Gasteiger partial charge < -0.3 is 20.3 Å². The molecule has 38 heavy (non-hydrogen) atoms. The Labute approximate surface area is 220 Å². The SMILES string of the molecule is CCNc1cc2c(cn1)c(-c1cnn(CC(C)(O)CO)c1)nn2C1CCC(Oc2nccc(C)c2F)CC1. The smallest absolute Gasteiger partial charge is 0.250 e. The number of aliphatic hydroxyl groups excluding tert-OH is 1. The molecule has 5 rings (SSSR count). The lowest BCUT2D eigenvalue weighted by Crippen LogP contribution is -2.34. The summed E-state index contributed by atoms with van der Waals surface area (Å²) >= 11 is 0. The van der Waals surface area contributed by atoms with E-state index in [0.29, 0.717) is 5.56 Å². The van der Waals surface area contributed by atoms with Crippen molar-refractivity contribution >= 4 is 16.7 Å². The molecule has 1 aliphatic carbocycles. The number of nitrogens with zero attached hydrogens (tertiary/aromatic N) is 6. The molecule has 4 aromatic heterocycles. The average molecular weight is 524 g/mol. The number of fused-ring (bicyclic) bond motifs is 1. The van der Waals surface area contributed by atoms with Crippen LogP contribution >= 0.6 is 0 Å². The monoisotopic (exact) mass is 523 g/mol. The second-order valence-corrected chi connectivity index (χ2v) is 10.3. The number of aryl methyl sites for hydroxylation is 1. The highest BCUT2D eigenvalue weighted by Gasteiger charge is 2.28. The van der Waals surface area contributed by atoms with E-state index < -0.39 is 11.4 Å². The van der Waals surface area contributed by atoms with Crippen molar-refractivity contribution in [2.24, 2.45) is 0 Å². The van der Waals surface area contributed by atoms with Gasteiger partial charge in [-0.1, -0.05) is 0 Å². The number of nitrogens with one attached hydrogen (secondary N) is 1. The van der Waals surface area contributed by atoms with E-state index in [1.807, 2.05) is 25.4 Å². The molecular formula is C27H34FN7O3. The maximum Gasteiger partial charge on any atom is 0.250 e. The van der Waals surface area contributed by atoms with E-state index in [9.17, 15) is 14.6 Å². The van der Waals surface area contributed by atoms with Crippen LogP contribution in [0.1, 0.15) is 51.1 Å². The Morgan fingerprint density at radius 3 is 2.74 bits per heavy atom. The van der Waals surface area contributed by atoms with Crippen LogP contribution in [0.4, 0.5) is 10.2 Å². The summed E-state index contributed by atoms with van der Waals surface area (Å²) in [6.45, 7) is 5.84. The summed E-state index contributed by atoms with van der Waals surface area (Å²) in [6, 6.07) is 3.79. The minimum atomic E-state index is -1.27. The first-order valence-corrected chi connectivity index (χ1v) is 13.0. The van der Waals surface area contributed by atoms with Crippen molar-refractivity contribution in [2.75, 3.05) is 18.5 Å². The fourth-order valence-corrected chi connectivity index (χ4v) is 4.94. The van der Waals surface area contributed by atoms with E-state index in [4.69, 9.17) is 9.84 Å². The molecule has 1 unspecified atom stereocenters. The highest BCUT2D eigenvalue weighted by atomic mass is 19.1. The summed E-state index contributed by atoms with van der Waals surface area (Å²) in [5.41, 5.74) is 1.78. The van der Waals surface area contributed by atoms with E-state index in [2.05, 4.69) is 25.1 Å². The van der Waals surface area contributed by atoms with Crippen LogP contribution in [0.3, 0.4) is 0 Å². The summed E-state index contributed by atoms with van der Waals surface area (Å²) in [7, 11) is 0. The van der Waals surface area contributed by atoms with Gasteiger partial charge in [-0.05, 0) is 58.1 Å². The molecule has 0 bridgehead atoms.